The number of anilines is 2. The number of hydrogen-bond donors (Lipinski definition) is 2. The Hall–Kier alpha value is -3.57. The Bertz CT molecular complexity index is 1690. The fourth-order valence-electron chi connectivity index (χ4n) is 4.90. The number of halogens is 2. The molecule has 2 aliphatic heterocycles. The van der Waals surface area contributed by atoms with Crippen molar-refractivity contribution in [2.45, 2.75) is 16.2 Å². The first kappa shape index (κ1) is 26.6. The fraction of sp³-hybridized carbons (Fsp3) is 0.143. The molecule has 3 amide bonds. The molecule has 0 aliphatic carbocycles. The number of hydrogen-bond acceptors (Lipinski definition) is 7. The monoisotopic (exact) mass is 611 g/mol. The van der Waals surface area contributed by atoms with E-state index >= 15 is 0 Å². The number of imide groups is 1. The Morgan fingerprint density at radius 2 is 1.70 bits per heavy atom. The van der Waals surface area contributed by atoms with E-state index in [1.54, 1.807) is 66.7 Å². The molecule has 1 fully saturated rings. The number of aromatic amines is 1. The van der Waals surface area contributed by atoms with Gasteiger partial charge in [-0.2, -0.15) is 0 Å². The van der Waals surface area contributed by atoms with E-state index in [1.807, 2.05) is 6.07 Å². The normalized spacial score (nSPS) is 19.8. The van der Waals surface area contributed by atoms with Crippen LogP contribution in [0.3, 0.4) is 0 Å². The summed E-state index contributed by atoms with van der Waals surface area (Å²) in [6.07, 6.45) is 0. The summed E-state index contributed by atoms with van der Waals surface area (Å²) in [5, 5.41) is 3.34. The average Bonchev–Trinajstić information content (AvgIpc) is 3.44. The number of para-hydroxylation sites is 1. The predicted octanol–water partition coefficient (Wildman–Crippen LogP) is 5.56. The lowest BCUT2D eigenvalue weighted by molar-refractivity contribution is -0.122. The van der Waals surface area contributed by atoms with Gasteiger partial charge in [0.25, 0.3) is 5.91 Å². The maximum absolute atomic E-state index is 13.7. The number of benzene rings is 3. The summed E-state index contributed by atoms with van der Waals surface area (Å²) in [7, 11) is 0. The number of carbonyl (C=O) groups is 3. The maximum Gasteiger partial charge on any atom is 0.305 e. The number of fused-ring (bicyclic) bond motifs is 2. The smallest absolute Gasteiger partial charge is 0.305 e. The van der Waals surface area contributed by atoms with Crippen molar-refractivity contribution >= 4 is 75.4 Å². The second kappa shape index (κ2) is 10.8. The topological polar surface area (TPSA) is 109 Å². The number of H-pyrrole nitrogens is 1. The molecule has 2 unspecified atom stereocenters. The van der Waals surface area contributed by atoms with Crippen molar-refractivity contribution in [3.63, 3.8) is 0 Å². The van der Waals surface area contributed by atoms with Gasteiger partial charge in [-0.15, -0.1) is 0 Å². The first-order chi connectivity index (χ1) is 19.3. The molecule has 3 aromatic carbocycles. The van der Waals surface area contributed by atoms with Gasteiger partial charge >= 0.3 is 4.87 Å². The van der Waals surface area contributed by atoms with Crippen molar-refractivity contribution in [3.05, 3.63) is 103 Å². The van der Waals surface area contributed by atoms with Gasteiger partial charge in [0.05, 0.1) is 26.7 Å². The molecular weight excluding hydrogens is 593 g/mol. The average molecular weight is 613 g/mol. The Labute approximate surface area is 246 Å². The summed E-state index contributed by atoms with van der Waals surface area (Å²) in [6, 6.07) is 20.6. The van der Waals surface area contributed by atoms with Crippen molar-refractivity contribution in [1.29, 1.82) is 0 Å². The van der Waals surface area contributed by atoms with Crippen molar-refractivity contribution in [3.8, 4) is 5.75 Å². The first-order valence-electron chi connectivity index (χ1n) is 12.1. The summed E-state index contributed by atoms with van der Waals surface area (Å²) in [6.45, 7) is -0.243. The minimum absolute atomic E-state index is 0.241. The van der Waals surface area contributed by atoms with Gasteiger partial charge in [-0.05, 0) is 48.0 Å². The van der Waals surface area contributed by atoms with Crippen LogP contribution < -0.4 is 19.8 Å². The largest absolute Gasteiger partial charge is 0.484 e. The first-order valence-corrected chi connectivity index (χ1v) is 14.6. The van der Waals surface area contributed by atoms with E-state index in [0.29, 0.717) is 32.2 Å². The molecule has 12 heteroatoms. The zero-order valence-electron chi connectivity index (χ0n) is 20.4. The van der Waals surface area contributed by atoms with Crippen LogP contribution in [0.25, 0.3) is 0 Å². The van der Waals surface area contributed by atoms with Crippen molar-refractivity contribution in [1.82, 2.24) is 4.98 Å². The number of rotatable bonds is 6. The van der Waals surface area contributed by atoms with Crippen LogP contribution in [-0.2, 0) is 14.4 Å². The van der Waals surface area contributed by atoms with Gasteiger partial charge in [0.2, 0.25) is 11.8 Å². The minimum atomic E-state index is -0.680. The van der Waals surface area contributed by atoms with Crippen LogP contribution in [0.4, 0.5) is 11.4 Å². The molecule has 3 atom stereocenters. The summed E-state index contributed by atoms with van der Waals surface area (Å²) in [5.41, 5.74) is 1.77. The van der Waals surface area contributed by atoms with E-state index in [9.17, 15) is 19.2 Å². The second-order valence-electron chi connectivity index (χ2n) is 9.13. The SMILES string of the molecule is O=C(COc1ccc([C@H]2c3sc(=O)[nH]c3SC3C(=O)N(c4ccccc4)C(=O)C32)cc1)Nc1ccc(Cl)c(Cl)c1. The highest BCUT2D eigenvalue weighted by Gasteiger charge is 2.56. The predicted molar refractivity (Wildman–Crippen MR) is 156 cm³/mol. The molecule has 8 nitrogen and oxygen atoms in total. The minimum Gasteiger partial charge on any atom is -0.484 e. The van der Waals surface area contributed by atoms with Gasteiger partial charge in [0.15, 0.2) is 6.61 Å². The third kappa shape index (κ3) is 4.92. The molecule has 6 rings (SSSR count). The molecule has 0 spiro atoms. The maximum atomic E-state index is 13.7. The summed E-state index contributed by atoms with van der Waals surface area (Å²) < 4.78 is 5.65. The van der Waals surface area contributed by atoms with E-state index in [2.05, 4.69) is 10.3 Å². The number of nitrogens with zero attached hydrogens (tertiary/aromatic N) is 1. The van der Waals surface area contributed by atoms with E-state index in [4.69, 9.17) is 27.9 Å². The van der Waals surface area contributed by atoms with E-state index in [-0.39, 0.29) is 29.2 Å². The molecule has 40 heavy (non-hydrogen) atoms. The van der Waals surface area contributed by atoms with Crippen molar-refractivity contribution < 1.29 is 19.1 Å². The van der Waals surface area contributed by atoms with Crippen LogP contribution in [0.15, 0.2) is 82.6 Å². The Balaban J connectivity index is 1.23. The number of thiazole rings is 1. The molecule has 2 N–H and O–H groups in total. The standard InChI is InChI=1S/C28H19Cl2N3O5S2/c29-18-11-8-15(12-19(18)30)31-20(34)13-38-17-9-6-14(7-10-17)21-22-24(39-25-23(21)40-28(37)32-25)27(36)33(26(22)35)16-4-2-1-3-5-16/h1-12,21-22,24H,13H2,(H,31,34)(H,32,37)/t21-,22?,24?/m1/s1. The quantitative estimate of drug-likeness (QED) is 0.276. The highest BCUT2D eigenvalue weighted by molar-refractivity contribution is 8.00. The van der Waals surface area contributed by atoms with Crippen molar-refractivity contribution in [2.24, 2.45) is 5.92 Å². The summed E-state index contributed by atoms with van der Waals surface area (Å²) in [4.78, 5) is 56.3. The number of carbonyl (C=O) groups excluding carboxylic acids is 3. The third-order valence-electron chi connectivity index (χ3n) is 6.65. The van der Waals surface area contributed by atoms with Crippen LogP contribution >= 0.6 is 46.3 Å². The lowest BCUT2D eigenvalue weighted by Crippen LogP contribution is -2.32. The highest BCUT2D eigenvalue weighted by atomic mass is 35.5. The Morgan fingerprint density at radius 3 is 2.42 bits per heavy atom. The molecule has 0 radical (unpaired) electrons. The Morgan fingerprint density at radius 1 is 0.950 bits per heavy atom. The van der Waals surface area contributed by atoms with Crippen LogP contribution in [0.1, 0.15) is 16.4 Å². The van der Waals surface area contributed by atoms with E-state index in [1.165, 1.54) is 16.7 Å². The molecule has 0 saturated carbocycles. The molecule has 202 valence electrons. The van der Waals surface area contributed by atoms with Gasteiger partial charge in [0, 0.05) is 16.5 Å². The second-order valence-corrected chi connectivity index (χ2v) is 12.1. The molecular formula is C28H19Cl2N3O5S2. The van der Waals surface area contributed by atoms with Crippen LogP contribution in [0.2, 0.25) is 10.0 Å². The zero-order chi connectivity index (χ0) is 28.0. The molecule has 1 aromatic heterocycles. The molecule has 0 bridgehead atoms. The summed E-state index contributed by atoms with van der Waals surface area (Å²) >= 11 is 14.2. The number of aromatic nitrogens is 1. The van der Waals surface area contributed by atoms with Crippen molar-refractivity contribution in [2.75, 3.05) is 16.8 Å². The Kier molecular flexibility index (Phi) is 7.18. The van der Waals surface area contributed by atoms with Gasteiger partial charge in [-0.3, -0.25) is 19.2 Å². The third-order valence-corrected chi connectivity index (χ3v) is 9.79. The van der Waals surface area contributed by atoms with E-state index in [0.717, 1.165) is 21.8 Å². The van der Waals surface area contributed by atoms with Gasteiger partial charge in [0.1, 0.15) is 11.0 Å². The number of thioether (sulfide) groups is 1. The number of amides is 3. The van der Waals surface area contributed by atoms with E-state index < -0.39 is 17.1 Å². The van der Waals surface area contributed by atoms with Crippen LogP contribution in [-0.4, -0.2) is 34.6 Å². The lowest BCUT2D eigenvalue weighted by atomic mass is 9.83. The number of nitrogens with one attached hydrogen (secondary N) is 2. The fourth-order valence-corrected chi connectivity index (χ4v) is 7.71. The summed E-state index contributed by atoms with van der Waals surface area (Å²) in [5.74, 6) is -1.72. The zero-order valence-corrected chi connectivity index (χ0v) is 23.6. The molecule has 4 aromatic rings. The highest BCUT2D eigenvalue weighted by Crippen LogP contribution is 2.53. The van der Waals surface area contributed by atoms with Gasteiger partial charge < -0.3 is 15.0 Å². The van der Waals surface area contributed by atoms with Crippen LogP contribution in [0.5, 0.6) is 5.75 Å². The molecule has 3 heterocycles. The lowest BCUT2D eigenvalue weighted by Gasteiger charge is -2.29. The molecule has 2 aliphatic rings. The number of ether oxygens (including phenoxy) is 1. The van der Waals surface area contributed by atoms with Gasteiger partial charge in [-0.1, -0.05) is 76.6 Å². The van der Waals surface area contributed by atoms with Gasteiger partial charge in [-0.25, -0.2) is 4.90 Å². The van der Waals surface area contributed by atoms with Crippen LogP contribution in [0, 0.1) is 5.92 Å². The molecule has 1 saturated heterocycles.